The molecule has 3 aromatic rings. The van der Waals surface area contributed by atoms with Crippen LogP contribution >= 0.6 is 27.5 Å². The number of imidazole rings is 1. The number of rotatable bonds is 1. The van der Waals surface area contributed by atoms with Gasteiger partial charge < -0.3 is 0 Å². The monoisotopic (exact) mass is 320 g/mol. The van der Waals surface area contributed by atoms with Crippen molar-refractivity contribution >= 4 is 33.0 Å². The zero-order valence-corrected chi connectivity index (χ0v) is 12.0. The summed E-state index contributed by atoms with van der Waals surface area (Å²) in [6.07, 6.45) is 1.89. The molecular formula is C14H10BrClN2. The van der Waals surface area contributed by atoms with Crippen LogP contribution in [0.1, 0.15) is 5.56 Å². The van der Waals surface area contributed by atoms with Crippen LogP contribution < -0.4 is 0 Å². The number of nitrogens with zero attached hydrogens (tertiary/aromatic N) is 2. The van der Waals surface area contributed by atoms with E-state index in [2.05, 4.69) is 40.0 Å². The third-order valence-corrected chi connectivity index (χ3v) is 3.75. The minimum Gasteiger partial charge on any atom is -0.297 e. The van der Waals surface area contributed by atoms with Crippen molar-refractivity contribution in [2.75, 3.05) is 0 Å². The molecule has 2 aromatic heterocycles. The second-order valence-corrected chi connectivity index (χ2v) is 5.33. The molecule has 0 amide bonds. The third kappa shape index (κ3) is 1.84. The van der Waals surface area contributed by atoms with E-state index in [1.54, 1.807) is 0 Å². The molecule has 0 aliphatic carbocycles. The Bertz CT molecular complexity index is 734. The Morgan fingerprint density at radius 1 is 1.17 bits per heavy atom. The maximum atomic E-state index is 6.06. The summed E-state index contributed by atoms with van der Waals surface area (Å²) in [5, 5.41) is 0.697. The Morgan fingerprint density at radius 2 is 1.94 bits per heavy atom. The predicted octanol–water partition coefficient (Wildman–Crippen LogP) is 4.73. The molecule has 0 aliphatic heterocycles. The smallest absolute Gasteiger partial charge is 0.146 e. The first kappa shape index (κ1) is 11.8. The van der Waals surface area contributed by atoms with Crippen LogP contribution in [0.25, 0.3) is 16.9 Å². The standard InChI is InChI=1S/C14H10BrClN2/c1-9-4-2-3-5-11(9)14-17-13(15)12-7-6-10(16)8-18(12)14/h2-8H,1H3. The van der Waals surface area contributed by atoms with Crippen molar-refractivity contribution in [1.29, 1.82) is 0 Å². The van der Waals surface area contributed by atoms with E-state index >= 15 is 0 Å². The van der Waals surface area contributed by atoms with Gasteiger partial charge in [-0.25, -0.2) is 4.98 Å². The van der Waals surface area contributed by atoms with Crippen LogP contribution in [0.15, 0.2) is 47.2 Å². The van der Waals surface area contributed by atoms with Crippen LogP contribution in [-0.2, 0) is 0 Å². The fourth-order valence-corrected chi connectivity index (χ4v) is 2.69. The van der Waals surface area contributed by atoms with Gasteiger partial charge in [0.1, 0.15) is 10.4 Å². The molecule has 18 heavy (non-hydrogen) atoms. The van der Waals surface area contributed by atoms with Crippen LogP contribution in [-0.4, -0.2) is 9.38 Å². The molecule has 0 saturated heterocycles. The van der Waals surface area contributed by atoms with Gasteiger partial charge >= 0.3 is 0 Å². The van der Waals surface area contributed by atoms with Crippen molar-refractivity contribution in [3.8, 4) is 11.4 Å². The van der Waals surface area contributed by atoms with E-state index in [0.717, 1.165) is 21.5 Å². The highest BCUT2D eigenvalue weighted by molar-refractivity contribution is 9.10. The molecule has 90 valence electrons. The lowest BCUT2D eigenvalue weighted by Gasteiger charge is -2.04. The predicted molar refractivity (Wildman–Crippen MR) is 78.1 cm³/mol. The van der Waals surface area contributed by atoms with E-state index in [9.17, 15) is 0 Å². The average molecular weight is 322 g/mol. The molecule has 0 N–H and O–H groups in total. The molecule has 0 unspecified atom stereocenters. The Kier molecular flexibility index (Phi) is 2.88. The van der Waals surface area contributed by atoms with Gasteiger partial charge in [0.2, 0.25) is 0 Å². The maximum Gasteiger partial charge on any atom is 0.146 e. The van der Waals surface area contributed by atoms with Gasteiger partial charge in [-0.1, -0.05) is 35.9 Å². The van der Waals surface area contributed by atoms with Crippen LogP contribution in [0, 0.1) is 6.92 Å². The molecular weight excluding hydrogens is 312 g/mol. The van der Waals surface area contributed by atoms with Gasteiger partial charge in [-0.2, -0.15) is 0 Å². The summed E-state index contributed by atoms with van der Waals surface area (Å²) in [5.41, 5.74) is 3.31. The maximum absolute atomic E-state index is 6.06. The summed E-state index contributed by atoms with van der Waals surface area (Å²) in [7, 11) is 0. The Balaban J connectivity index is 2.36. The summed E-state index contributed by atoms with van der Waals surface area (Å²) in [6.45, 7) is 2.08. The van der Waals surface area contributed by atoms with E-state index < -0.39 is 0 Å². The fourth-order valence-electron chi connectivity index (χ4n) is 2.04. The van der Waals surface area contributed by atoms with E-state index in [1.807, 2.05) is 34.9 Å². The van der Waals surface area contributed by atoms with Crippen LogP contribution in [0.4, 0.5) is 0 Å². The number of benzene rings is 1. The largest absolute Gasteiger partial charge is 0.297 e. The summed E-state index contributed by atoms with van der Waals surface area (Å²) in [4.78, 5) is 4.58. The number of fused-ring (bicyclic) bond motifs is 1. The van der Waals surface area contributed by atoms with Gasteiger partial charge in [0.05, 0.1) is 10.5 Å². The van der Waals surface area contributed by atoms with Crippen LogP contribution in [0.3, 0.4) is 0 Å². The molecule has 0 atom stereocenters. The highest BCUT2D eigenvalue weighted by Crippen LogP contribution is 2.29. The minimum atomic E-state index is 0.697. The van der Waals surface area contributed by atoms with E-state index in [0.29, 0.717) is 5.02 Å². The van der Waals surface area contributed by atoms with Crippen molar-refractivity contribution < 1.29 is 0 Å². The van der Waals surface area contributed by atoms with Crippen molar-refractivity contribution in [3.63, 3.8) is 0 Å². The van der Waals surface area contributed by atoms with Gasteiger partial charge in [-0.15, -0.1) is 0 Å². The summed E-state index contributed by atoms with van der Waals surface area (Å²) in [6, 6.07) is 12.0. The molecule has 0 fully saturated rings. The first-order valence-corrected chi connectivity index (χ1v) is 6.73. The molecule has 0 spiro atoms. The van der Waals surface area contributed by atoms with E-state index in [4.69, 9.17) is 11.6 Å². The summed E-state index contributed by atoms with van der Waals surface area (Å²) < 4.78 is 2.84. The number of hydrogen-bond acceptors (Lipinski definition) is 1. The average Bonchev–Trinajstić information content (AvgIpc) is 2.67. The number of aryl methyl sites for hydroxylation is 1. The first-order chi connectivity index (χ1) is 8.66. The Morgan fingerprint density at radius 3 is 2.72 bits per heavy atom. The van der Waals surface area contributed by atoms with Crippen molar-refractivity contribution in [2.24, 2.45) is 0 Å². The second-order valence-electron chi connectivity index (χ2n) is 4.14. The first-order valence-electron chi connectivity index (χ1n) is 5.56. The number of halogens is 2. The molecule has 0 bridgehead atoms. The van der Waals surface area contributed by atoms with Gasteiger partial charge in [0.15, 0.2) is 0 Å². The quantitative estimate of drug-likeness (QED) is 0.633. The molecule has 0 radical (unpaired) electrons. The summed E-state index contributed by atoms with van der Waals surface area (Å²) >= 11 is 9.55. The topological polar surface area (TPSA) is 17.3 Å². The van der Waals surface area contributed by atoms with Crippen molar-refractivity contribution in [3.05, 3.63) is 57.8 Å². The highest BCUT2D eigenvalue weighted by atomic mass is 79.9. The number of hydrogen-bond donors (Lipinski definition) is 0. The second kappa shape index (κ2) is 4.41. The van der Waals surface area contributed by atoms with E-state index in [-0.39, 0.29) is 0 Å². The molecule has 3 rings (SSSR count). The van der Waals surface area contributed by atoms with Crippen molar-refractivity contribution in [2.45, 2.75) is 6.92 Å². The van der Waals surface area contributed by atoms with Crippen LogP contribution in [0.5, 0.6) is 0 Å². The summed E-state index contributed by atoms with van der Waals surface area (Å²) in [5.74, 6) is 0.900. The lowest BCUT2D eigenvalue weighted by atomic mass is 10.1. The molecule has 2 nitrogen and oxygen atoms in total. The van der Waals surface area contributed by atoms with E-state index in [1.165, 1.54) is 5.56 Å². The molecule has 0 saturated carbocycles. The van der Waals surface area contributed by atoms with Gasteiger partial charge in [0.25, 0.3) is 0 Å². The fraction of sp³-hybridized carbons (Fsp3) is 0.0714. The SMILES string of the molecule is Cc1ccccc1-c1nc(Br)c2ccc(Cl)cn12. The molecule has 0 aliphatic rings. The third-order valence-electron chi connectivity index (χ3n) is 2.94. The molecule has 4 heteroatoms. The Hall–Kier alpha value is -1.32. The van der Waals surface area contributed by atoms with Gasteiger partial charge in [0, 0.05) is 11.8 Å². The number of aromatic nitrogens is 2. The van der Waals surface area contributed by atoms with Crippen molar-refractivity contribution in [1.82, 2.24) is 9.38 Å². The van der Waals surface area contributed by atoms with Crippen LogP contribution in [0.2, 0.25) is 5.02 Å². The lowest BCUT2D eigenvalue weighted by Crippen LogP contribution is -1.91. The zero-order chi connectivity index (χ0) is 12.7. The Labute approximate surface area is 118 Å². The molecule has 1 aromatic carbocycles. The van der Waals surface area contributed by atoms with Gasteiger partial charge in [-0.05, 0) is 40.5 Å². The number of pyridine rings is 1. The molecule has 2 heterocycles. The highest BCUT2D eigenvalue weighted by Gasteiger charge is 2.12. The van der Waals surface area contributed by atoms with Gasteiger partial charge in [-0.3, -0.25) is 4.40 Å². The zero-order valence-electron chi connectivity index (χ0n) is 9.69. The lowest BCUT2D eigenvalue weighted by molar-refractivity contribution is 1.15. The normalized spacial score (nSPS) is 11.1. The minimum absolute atomic E-state index is 0.697.